The van der Waals surface area contributed by atoms with E-state index in [0.29, 0.717) is 5.82 Å². The Balaban J connectivity index is 1.62. The van der Waals surface area contributed by atoms with E-state index in [1.54, 1.807) is 6.20 Å². The molecule has 25 heavy (non-hydrogen) atoms. The van der Waals surface area contributed by atoms with Crippen LogP contribution in [0.15, 0.2) is 48.8 Å². The molecular weight excluding hydrogens is 318 g/mol. The monoisotopic (exact) mass is 329 g/mol. The van der Waals surface area contributed by atoms with E-state index >= 15 is 0 Å². The summed E-state index contributed by atoms with van der Waals surface area (Å²) in [6.07, 6.45) is 3.25. The van der Waals surface area contributed by atoms with Gasteiger partial charge < -0.3 is 10.3 Å². The largest absolute Gasteiger partial charge is 0.360 e. The van der Waals surface area contributed by atoms with Gasteiger partial charge >= 0.3 is 0 Å². The molecule has 0 amide bonds. The molecule has 0 aliphatic rings. The SMILES string of the molecule is N#CC(=CNc1ccc2nc(-c3ccccn3)[nH]c2c1)c1nn[nH]n1. The number of H-pyrrole nitrogens is 2. The third-order valence-corrected chi connectivity index (χ3v) is 3.48. The molecule has 0 radical (unpaired) electrons. The van der Waals surface area contributed by atoms with Crippen LogP contribution in [0.4, 0.5) is 5.69 Å². The second-order valence-corrected chi connectivity index (χ2v) is 5.08. The Kier molecular flexibility index (Phi) is 3.61. The quantitative estimate of drug-likeness (QED) is 0.488. The lowest BCUT2D eigenvalue weighted by atomic mass is 10.2. The molecule has 0 atom stereocenters. The number of fused-ring (bicyclic) bond motifs is 1. The summed E-state index contributed by atoms with van der Waals surface area (Å²) in [6.45, 7) is 0. The van der Waals surface area contributed by atoms with Crippen LogP contribution in [0.3, 0.4) is 0 Å². The molecule has 4 rings (SSSR count). The predicted octanol–water partition coefficient (Wildman–Crippen LogP) is 2.11. The summed E-state index contributed by atoms with van der Waals surface area (Å²) >= 11 is 0. The first-order chi connectivity index (χ1) is 12.3. The number of pyridine rings is 1. The highest BCUT2D eigenvalue weighted by Crippen LogP contribution is 2.22. The predicted molar refractivity (Wildman–Crippen MR) is 90.7 cm³/mol. The molecule has 0 aliphatic heterocycles. The van der Waals surface area contributed by atoms with Crippen LogP contribution in [-0.4, -0.2) is 35.6 Å². The van der Waals surface area contributed by atoms with E-state index in [0.717, 1.165) is 22.4 Å². The van der Waals surface area contributed by atoms with Gasteiger partial charge in [0.05, 0.1) is 11.0 Å². The second kappa shape index (κ2) is 6.21. The van der Waals surface area contributed by atoms with E-state index in [4.69, 9.17) is 0 Å². The summed E-state index contributed by atoms with van der Waals surface area (Å²) in [5, 5.41) is 25.6. The van der Waals surface area contributed by atoms with E-state index in [1.807, 2.05) is 42.5 Å². The van der Waals surface area contributed by atoms with Gasteiger partial charge in [-0.2, -0.15) is 10.5 Å². The molecule has 0 aliphatic carbocycles. The first-order valence-electron chi connectivity index (χ1n) is 7.35. The van der Waals surface area contributed by atoms with Crippen molar-refractivity contribution in [1.29, 1.82) is 5.26 Å². The van der Waals surface area contributed by atoms with Gasteiger partial charge in [-0.05, 0) is 35.5 Å². The highest BCUT2D eigenvalue weighted by molar-refractivity contribution is 5.83. The molecule has 1 aromatic carbocycles. The van der Waals surface area contributed by atoms with Gasteiger partial charge in [0, 0.05) is 18.1 Å². The minimum absolute atomic E-state index is 0.232. The standard InChI is InChI=1S/C16H11N9/c17-8-10(15-22-24-25-23-15)9-19-11-4-5-12-14(7-11)21-16(20-12)13-3-1-2-6-18-13/h1-7,9,19H,(H,20,21)(H,22,23,24,25). The molecule has 3 heterocycles. The van der Waals surface area contributed by atoms with Crippen molar-refractivity contribution in [3.05, 3.63) is 54.6 Å². The molecule has 0 bridgehead atoms. The summed E-state index contributed by atoms with van der Waals surface area (Å²) in [4.78, 5) is 12.1. The van der Waals surface area contributed by atoms with Gasteiger partial charge in [-0.25, -0.2) is 4.98 Å². The van der Waals surface area contributed by atoms with Crippen LogP contribution in [0.25, 0.3) is 28.1 Å². The van der Waals surface area contributed by atoms with Crippen molar-refractivity contribution in [3.63, 3.8) is 0 Å². The van der Waals surface area contributed by atoms with E-state index < -0.39 is 0 Å². The van der Waals surface area contributed by atoms with Gasteiger partial charge in [-0.1, -0.05) is 6.07 Å². The summed E-state index contributed by atoms with van der Waals surface area (Å²) in [5.74, 6) is 0.933. The smallest absolute Gasteiger partial charge is 0.216 e. The fraction of sp³-hybridized carbons (Fsp3) is 0. The molecule has 9 nitrogen and oxygen atoms in total. The number of hydrogen-bond acceptors (Lipinski definition) is 7. The number of anilines is 1. The zero-order valence-electron chi connectivity index (χ0n) is 12.8. The minimum atomic E-state index is 0.232. The lowest BCUT2D eigenvalue weighted by Crippen LogP contribution is -1.92. The summed E-state index contributed by atoms with van der Waals surface area (Å²) in [7, 11) is 0. The molecule has 0 fully saturated rings. The Morgan fingerprint density at radius 3 is 2.96 bits per heavy atom. The van der Waals surface area contributed by atoms with Gasteiger partial charge in [-0.3, -0.25) is 4.98 Å². The lowest BCUT2D eigenvalue weighted by molar-refractivity contribution is 0.881. The van der Waals surface area contributed by atoms with Crippen molar-refractivity contribution >= 4 is 22.3 Å². The van der Waals surface area contributed by atoms with E-state index in [-0.39, 0.29) is 11.4 Å². The number of tetrazole rings is 1. The third kappa shape index (κ3) is 2.91. The number of allylic oxidation sites excluding steroid dienone is 1. The zero-order chi connectivity index (χ0) is 17.1. The molecule has 3 aromatic heterocycles. The Morgan fingerprint density at radius 1 is 1.24 bits per heavy atom. The van der Waals surface area contributed by atoms with Gasteiger partial charge in [0.15, 0.2) is 5.82 Å². The third-order valence-electron chi connectivity index (χ3n) is 3.48. The fourth-order valence-corrected chi connectivity index (χ4v) is 2.30. The van der Waals surface area contributed by atoms with Crippen molar-refractivity contribution in [2.45, 2.75) is 0 Å². The van der Waals surface area contributed by atoms with Crippen LogP contribution in [0.2, 0.25) is 0 Å². The number of hydrogen-bond donors (Lipinski definition) is 3. The van der Waals surface area contributed by atoms with E-state index in [1.165, 1.54) is 6.20 Å². The maximum Gasteiger partial charge on any atom is 0.216 e. The highest BCUT2D eigenvalue weighted by Gasteiger charge is 2.08. The number of rotatable bonds is 4. The summed E-state index contributed by atoms with van der Waals surface area (Å²) in [5.41, 5.74) is 3.52. The maximum atomic E-state index is 9.17. The second-order valence-electron chi connectivity index (χ2n) is 5.08. The number of benzene rings is 1. The average Bonchev–Trinajstić information content (AvgIpc) is 3.32. The number of aromatic nitrogens is 7. The molecule has 9 heteroatoms. The molecule has 3 N–H and O–H groups in total. The molecule has 4 aromatic rings. The van der Waals surface area contributed by atoms with Crippen LogP contribution in [0.5, 0.6) is 0 Å². The van der Waals surface area contributed by atoms with Crippen molar-refractivity contribution in [3.8, 4) is 17.6 Å². The maximum absolute atomic E-state index is 9.17. The molecule has 0 unspecified atom stereocenters. The number of aromatic amines is 2. The molecule has 120 valence electrons. The van der Waals surface area contributed by atoms with Gasteiger partial charge in [0.2, 0.25) is 5.82 Å². The zero-order valence-corrected chi connectivity index (χ0v) is 12.8. The highest BCUT2D eigenvalue weighted by atomic mass is 15.5. The normalized spacial score (nSPS) is 11.4. The summed E-state index contributed by atoms with van der Waals surface area (Å²) in [6, 6.07) is 13.3. The molecule has 0 saturated carbocycles. The van der Waals surface area contributed by atoms with Gasteiger partial charge in [0.25, 0.3) is 0 Å². The average molecular weight is 329 g/mol. The van der Waals surface area contributed by atoms with Gasteiger partial charge in [0.1, 0.15) is 17.3 Å². The molecule has 0 spiro atoms. The minimum Gasteiger partial charge on any atom is -0.360 e. The number of nitriles is 1. The number of nitrogens with zero attached hydrogens (tertiary/aromatic N) is 6. The van der Waals surface area contributed by atoms with Crippen LogP contribution in [0.1, 0.15) is 5.82 Å². The number of nitrogens with one attached hydrogen (secondary N) is 3. The first-order valence-corrected chi connectivity index (χ1v) is 7.35. The van der Waals surface area contributed by atoms with Gasteiger partial charge in [-0.15, -0.1) is 10.2 Å². The van der Waals surface area contributed by atoms with Crippen LogP contribution < -0.4 is 5.32 Å². The van der Waals surface area contributed by atoms with Crippen LogP contribution in [0, 0.1) is 11.3 Å². The Hall–Kier alpha value is -4.06. The number of imidazole rings is 1. The topological polar surface area (TPSA) is 132 Å². The molecule has 0 saturated heterocycles. The van der Waals surface area contributed by atoms with Crippen LogP contribution in [-0.2, 0) is 0 Å². The van der Waals surface area contributed by atoms with Crippen molar-refractivity contribution in [2.24, 2.45) is 0 Å². The van der Waals surface area contributed by atoms with E-state index in [2.05, 4.69) is 40.9 Å². The van der Waals surface area contributed by atoms with Crippen molar-refractivity contribution in [2.75, 3.05) is 5.32 Å². The van der Waals surface area contributed by atoms with Crippen LogP contribution >= 0.6 is 0 Å². The first kappa shape index (κ1) is 14.5. The molecular formula is C16H11N9. The fourth-order valence-electron chi connectivity index (χ4n) is 2.30. The Labute approximate surface area is 141 Å². The van der Waals surface area contributed by atoms with E-state index in [9.17, 15) is 5.26 Å². The van der Waals surface area contributed by atoms with Crippen molar-refractivity contribution < 1.29 is 0 Å². The summed E-state index contributed by atoms with van der Waals surface area (Å²) < 4.78 is 0. The Morgan fingerprint density at radius 2 is 2.20 bits per heavy atom. The van der Waals surface area contributed by atoms with Crippen molar-refractivity contribution in [1.82, 2.24) is 35.6 Å². The Bertz CT molecular complexity index is 1070. The lowest BCUT2D eigenvalue weighted by Gasteiger charge is -2.00.